The Labute approximate surface area is 142 Å². The number of aromatic hydroxyl groups is 1. The maximum Gasteiger partial charge on any atom is 0.166 e. The molecule has 0 aromatic heterocycles. The van der Waals surface area contributed by atoms with Gasteiger partial charge in [-0.2, -0.15) is 0 Å². The first kappa shape index (κ1) is 17.9. The number of phenolic OH excluding ortho intramolecular Hbond substituents is 1. The van der Waals surface area contributed by atoms with Gasteiger partial charge in [0.05, 0.1) is 19.2 Å². The van der Waals surface area contributed by atoms with E-state index in [0.29, 0.717) is 24.5 Å². The highest BCUT2D eigenvalue weighted by atomic mass is 19.1. The molecule has 0 amide bonds. The lowest BCUT2D eigenvalue weighted by Crippen LogP contribution is -2.22. The van der Waals surface area contributed by atoms with Crippen molar-refractivity contribution < 1.29 is 14.2 Å². The predicted octanol–water partition coefficient (Wildman–Crippen LogP) is 3.65. The zero-order valence-corrected chi connectivity index (χ0v) is 14.2. The minimum Gasteiger partial charge on any atom is -0.504 e. The summed E-state index contributed by atoms with van der Waals surface area (Å²) in [5.74, 6) is 0.261. The molecule has 128 valence electrons. The molecule has 4 nitrogen and oxygen atoms in total. The molecule has 0 unspecified atom stereocenters. The van der Waals surface area contributed by atoms with E-state index in [1.165, 1.54) is 12.1 Å². The summed E-state index contributed by atoms with van der Waals surface area (Å²) in [7, 11) is 3.86. The molecule has 5 heteroatoms. The average molecular weight is 330 g/mol. The van der Waals surface area contributed by atoms with E-state index in [2.05, 4.69) is 4.99 Å². The molecule has 0 saturated carbocycles. The second-order valence-electron chi connectivity index (χ2n) is 5.66. The van der Waals surface area contributed by atoms with Crippen molar-refractivity contribution in [2.75, 3.05) is 27.2 Å². The van der Waals surface area contributed by atoms with Crippen LogP contribution in [0.15, 0.2) is 47.5 Å². The number of benzene rings is 2. The lowest BCUT2D eigenvalue weighted by Gasteiger charge is -2.23. The number of para-hydroxylation sites is 1. The van der Waals surface area contributed by atoms with Crippen molar-refractivity contribution in [1.29, 1.82) is 0 Å². The van der Waals surface area contributed by atoms with Crippen molar-refractivity contribution in [2.45, 2.75) is 13.0 Å². The minimum absolute atomic E-state index is 0.0471. The molecule has 0 bridgehead atoms. The number of hydrogen-bond donors (Lipinski definition) is 1. The Kier molecular flexibility index (Phi) is 6.32. The van der Waals surface area contributed by atoms with Crippen molar-refractivity contribution >= 4 is 6.21 Å². The van der Waals surface area contributed by atoms with E-state index >= 15 is 0 Å². The minimum atomic E-state index is -0.259. The van der Waals surface area contributed by atoms with Gasteiger partial charge in [0.25, 0.3) is 0 Å². The van der Waals surface area contributed by atoms with Crippen LogP contribution in [0, 0.1) is 5.82 Å². The summed E-state index contributed by atoms with van der Waals surface area (Å²) in [6.45, 7) is 2.80. The second-order valence-corrected chi connectivity index (χ2v) is 5.66. The van der Waals surface area contributed by atoms with Crippen molar-refractivity contribution in [3.63, 3.8) is 0 Å². The summed E-state index contributed by atoms with van der Waals surface area (Å²) < 4.78 is 18.8. The monoisotopic (exact) mass is 330 g/mol. The van der Waals surface area contributed by atoms with Crippen molar-refractivity contribution in [3.05, 3.63) is 59.4 Å². The second kappa shape index (κ2) is 8.45. The molecule has 1 N–H and O–H groups in total. The maximum atomic E-state index is 13.4. The number of halogens is 1. The zero-order chi connectivity index (χ0) is 17.5. The largest absolute Gasteiger partial charge is 0.504 e. The molecule has 0 aliphatic carbocycles. The number of hydrogen-bond acceptors (Lipinski definition) is 4. The summed E-state index contributed by atoms with van der Waals surface area (Å²) in [4.78, 5) is 6.42. The third-order valence-electron chi connectivity index (χ3n) is 3.70. The Morgan fingerprint density at radius 2 is 2.00 bits per heavy atom. The fraction of sp³-hybridized carbons (Fsp3) is 0.316. The lowest BCUT2D eigenvalue weighted by atomic mass is 10.1. The first-order chi connectivity index (χ1) is 11.5. The fourth-order valence-corrected chi connectivity index (χ4v) is 2.45. The number of rotatable bonds is 7. The molecule has 2 aromatic carbocycles. The van der Waals surface area contributed by atoms with E-state index < -0.39 is 0 Å². The molecule has 0 aliphatic heterocycles. The van der Waals surface area contributed by atoms with Gasteiger partial charge in [-0.05, 0) is 50.8 Å². The quantitative estimate of drug-likeness (QED) is 0.788. The van der Waals surface area contributed by atoms with Gasteiger partial charge < -0.3 is 14.7 Å². The number of phenols is 1. The summed E-state index contributed by atoms with van der Waals surface area (Å²) >= 11 is 0. The smallest absolute Gasteiger partial charge is 0.166 e. The van der Waals surface area contributed by atoms with Crippen LogP contribution < -0.4 is 4.74 Å². The van der Waals surface area contributed by atoms with E-state index in [1.54, 1.807) is 24.4 Å². The van der Waals surface area contributed by atoms with Gasteiger partial charge in [0.15, 0.2) is 11.5 Å². The normalized spacial score (nSPS) is 12.7. The van der Waals surface area contributed by atoms with Crippen LogP contribution in [-0.2, 0) is 0 Å². The Morgan fingerprint density at radius 3 is 2.67 bits per heavy atom. The molecule has 2 aromatic rings. The third kappa shape index (κ3) is 4.55. The van der Waals surface area contributed by atoms with Gasteiger partial charge in [0.2, 0.25) is 0 Å². The fourth-order valence-electron chi connectivity index (χ4n) is 2.45. The number of ether oxygens (including phenoxy) is 1. The van der Waals surface area contributed by atoms with Crippen LogP contribution in [0.4, 0.5) is 4.39 Å². The first-order valence-corrected chi connectivity index (χ1v) is 7.89. The molecular formula is C19H23FN2O2. The van der Waals surface area contributed by atoms with Crippen LogP contribution in [-0.4, -0.2) is 43.5 Å². The number of nitrogens with zero attached hydrogens (tertiary/aromatic N) is 2. The summed E-state index contributed by atoms with van der Waals surface area (Å²) in [6.07, 6.45) is 1.62. The Balaban J connectivity index is 2.15. The van der Waals surface area contributed by atoms with Crippen LogP contribution in [0.5, 0.6) is 11.5 Å². The standard InChI is InChI=1S/C19H23FN2O2/c1-4-24-18-10-6-8-15(19(18)23)12-21-13-17(22(2)3)14-7-5-9-16(20)11-14/h5-12,17,23H,4,13H2,1-3H3/t17-/m1/s1. The predicted molar refractivity (Wildman–Crippen MR) is 94.6 cm³/mol. The Hall–Kier alpha value is -2.40. The van der Waals surface area contributed by atoms with Crippen molar-refractivity contribution in [1.82, 2.24) is 4.90 Å². The number of likely N-dealkylation sites (N-methyl/N-ethyl adjacent to an activating group) is 1. The molecule has 0 radical (unpaired) electrons. The summed E-state index contributed by atoms with van der Waals surface area (Å²) in [5.41, 5.74) is 1.46. The molecule has 2 rings (SSSR count). The SMILES string of the molecule is CCOc1cccc(C=NC[C@H](c2cccc(F)c2)N(C)C)c1O. The molecule has 24 heavy (non-hydrogen) atoms. The highest BCUT2D eigenvalue weighted by molar-refractivity contribution is 5.84. The van der Waals surface area contributed by atoms with Crippen molar-refractivity contribution in [3.8, 4) is 11.5 Å². The van der Waals surface area contributed by atoms with E-state index in [1.807, 2.05) is 38.1 Å². The highest BCUT2D eigenvalue weighted by Crippen LogP contribution is 2.28. The number of aliphatic imine (C=N–C) groups is 1. The molecule has 0 fully saturated rings. The van der Waals surface area contributed by atoms with Crippen molar-refractivity contribution in [2.24, 2.45) is 4.99 Å². The van der Waals surface area contributed by atoms with Gasteiger partial charge in [-0.25, -0.2) is 4.39 Å². The molecular weight excluding hydrogens is 307 g/mol. The topological polar surface area (TPSA) is 45.1 Å². The molecule has 0 saturated heterocycles. The van der Waals surface area contributed by atoms with Gasteiger partial charge in [-0.1, -0.05) is 18.2 Å². The van der Waals surface area contributed by atoms with Crippen LogP contribution in [0.2, 0.25) is 0 Å². The van der Waals surface area contributed by atoms with Crippen LogP contribution in [0.25, 0.3) is 0 Å². The maximum absolute atomic E-state index is 13.4. The van der Waals surface area contributed by atoms with Crippen LogP contribution in [0.1, 0.15) is 24.1 Å². The molecule has 0 aliphatic rings. The molecule has 0 spiro atoms. The van der Waals surface area contributed by atoms with Gasteiger partial charge in [-0.3, -0.25) is 4.99 Å². The average Bonchev–Trinajstić information content (AvgIpc) is 2.54. The van der Waals surface area contributed by atoms with Gasteiger partial charge in [0.1, 0.15) is 5.82 Å². The van der Waals surface area contributed by atoms with Crippen LogP contribution >= 0.6 is 0 Å². The van der Waals surface area contributed by atoms with Crippen LogP contribution in [0.3, 0.4) is 0 Å². The van der Waals surface area contributed by atoms with Gasteiger partial charge in [-0.15, -0.1) is 0 Å². The van der Waals surface area contributed by atoms with E-state index in [4.69, 9.17) is 4.74 Å². The zero-order valence-electron chi connectivity index (χ0n) is 14.2. The third-order valence-corrected chi connectivity index (χ3v) is 3.70. The Morgan fingerprint density at radius 1 is 1.25 bits per heavy atom. The van der Waals surface area contributed by atoms with E-state index in [0.717, 1.165) is 5.56 Å². The van der Waals surface area contributed by atoms with E-state index in [9.17, 15) is 9.50 Å². The highest BCUT2D eigenvalue weighted by Gasteiger charge is 2.14. The van der Waals surface area contributed by atoms with E-state index in [-0.39, 0.29) is 17.6 Å². The molecule has 1 atom stereocenters. The Bertz CT molecular complexity index is 702. The molecule has 0 heterocycles. The van der Waals surface area contributed by atoms with Gasteiger partial charge in [0, 0.05) is 11.8 Å². The first-order valence-electron chi connectivity index (χ1n) is 7.89. The van der Waals surface area contributed by atoms with Gasteiger partial charge >= 0.3 is 0 Å². The summed E-state index contributed by atoms with van der Waals surface area (Å²) in [5, 5.41) is 10.2. The summed E-state index contributed by atoms with van der Waals surface area (Å²) in [6, 6.07) is 11.8. The lowest BCUT2D eigenvalue weighted by molar-refractivity contribution is 0.306.